The molecule has 0 bridgehead atoms. The Kier molecular flexibility index (Phi) is 6.58. The molecule has 30 heavy (non-hydrogen) atoms. The fourth-order valence-electron chi connectivity index (χ4n) is 2.52. The number of morpholine rings is 1. The molecule has 1 aliphatic heterocycles. The van der Waals surface area contributed by atoms with Crippen LogP contribution in [0.5, 0.6) is 11.8 Å². The second-order valence-electron chi connectivity index (χ2n) is 5.98. The number of hydrogen-bond acceptors (Lipinski definition) is 9. The molecular formula is C16H18F3N5O5S. The van der Waals surface area contributed by atoms with E-state index in [-0.39, 0.29) is 23.3 Å². The van der Waals surface area contributed by atoms with E-state index in [1.807, 2.05) is 4.90 Å². The van der Waals surface area contributed by atoms with Crippen molar-refractivity contribution >= 4 is 16.0 Å². The number of sulfonamides is 1. The quantitative estimate of drug-likeness (QED) is 0.663. The van der Waals surface area contributed by atoms with Crippen LogP contribution in [0.25, 0.3) is 0 Å². The van der Waals surface area contributed by atoms with Crippen LogP contribution >= 0.6 is 0 Å². The number of methoxy groups -OCH3 is 1. The maximum atomic E-state index is 12.4. The first-order chi connectivity index (χ1) is 14.2. The molecule has 1 aromatic carbocycles. The molecule has 1 aromatic heterocycles. The molecule has 2 heterocycles. The van der Waals surface area contributed by atoms with Crippen molar-refractivity contribution in [2.24, 2.45) is 0 Å². The Balaban J connectivity index is 1.72. The summed E-state index contributed by atoms with van der Waals surface area (Å²) < 4.78 is 77.9. The smallest absolute Gasteiger partial charge is 0.467 e. The first-order valence-electron chi connectivity index (χ1n) is 8.63. The van der Waals surface area contributed by atoms with E-state index in [1.54, 1.807) is 0 Å². The van der Waals surface area contributed by atoms with E-state index in [1.165, 1.54) is 7.11 Å². The van der Waals surface area contributed by atoms with Gasteiger partial charge in [0.15, 0.2) is 5.82 Å². The fraction of sp³-hybridized carbons (Fsp3) is 0.438. The van der Waals surface area contributed by atoms with Crippen molar-refractivity contribution in [2.45, 2.75) is 17.8 Å². The van der Waals surface area contributed by atoms with E-state index in [0.717, 1.165) is 24.3 Å². The van der Waals surface area contributed by atoms with Gasteiger partial charge in [-0.05, 0) is 24.3 Å². The standard InChI is InChI=1S/C16H18F3N5O5S/c1-27-15-22-13(21-14(23-15)24-6-8-28-9-7-24)10-20-30(25,26)12-4-2-11(3-5-12)29-16(17,18)19/h2-5,20H,6-10H2,1H3. The predicted octanol–water partition coefficient (Wildman–Crippen LogP) is 1.09. The molecule has 164 valence electrons. The highest BCUT2D eigenvalue weighted by Gasteiger charge is 2.31. The van der Waals surface area contributed by atoms with Crippen LogP contribution in [0.3, 0.4) is 0 Å². The monoisotopic (exact) mass is 449 g/mol. The molecule has 2 aromatic rings. The van der Waals surface area contributed by atoms with Crippen molar-refractivity contribution in [1.29, 1.82) is 0 Å². The molecule has 3 rings (SSSR count). The average Bonchev–Trinajstić information content (AvgIpc) is 2.72. The molecule has 1 fully saturated rings. The number of ether oxygens (including phenoxy) is 3. The Labute approximate surface area is 170 Å². The van der Waals surface area contributed by atoms with E-state index in [0.29, 0.717) is 32.3 Å². The average molecular weight is 449 g/mol. The molecular weight excluding hydrogens is 431 g/mol. The number of alkyl halides is 3. The molecule has 14 heteroatoms. The Morgan fingerprint density at radius 1 is 1.13 bits per heavy atom. The Morgan fingerprint density at radius 3 is 2.40 bits per heavy atom. The summed E-state index contributed by atoms with van der Waals surface area (Å²) in [6.07, 6.45) is -4.87. The van der Waals surface area contributed by atoms with E-state index in [4.69, 9.17) is 9.47 Å². The number of nitrogens with zero attached hydrogens (tertiary/aromatic N) is 4. The van der Waals surface area contributed by atoms with Crippen LogP contribution in [0, 0.1) is 0 Å². The first-order valence-corrected chi connectivity index (χ1v) is 10.1. The van der Waals surface area contributed by atoms with E-state index in [9.17, 15) is 21.6 Å². The van der Waals surface area contributed by atoms with Crippen LogP contribution < -0.4 is 19.1 Å². The zero-order chi connectivity index (χ0) is 21.8. The number of anilines is 1. The third-order valence-electron chi connectivity index (χ3n) is 3.91. The van der Waals surface area contributed by atoms with Crippen LogP contribution in [0.2, 0.25) is 0 Å². The van der Waals surface area contributed by atoms with Crippen molar-refractivity contribution in [3.8, 4) is 11.8 Å². The fourth-order valence-corrected chi connectivity index (χ4v) is 3.51. The van der Waals surface area contributed by atoms with Gasteiger partial charge in [-0.3, -0.25) is 0 Å². The maximum absolute atomic E-state index is 12.4. The second-order valence-corrected chi connectivity index (χ2v) is 7.75. The molecule has 1 N–H and O–H groups in total. The van der Waals surface area contributed by atoms with Crippen molar-refractivity contribution in [3.05, 3.63) is 30.1 Å². The lowest BCUT2D eigenvalue weighted by Crippen LogP contribution is -2.37. The molecule has 0 saturated carbocycles. The largest absolute Gasteiger partial charge is 0.573 e. The SMILES string of the molecule is COc1nc(CNS(=O)(=O)c2ccc(OC(F)(F)F)cc2)nc(N2CCOCC2)n1. The summed E-state index contributed by atoms with van der Waals surface area (Å²) in [6, 6.07) is 3.83. The third-order valence-corrected chi connectivity index (χ3v) is 5.33. The molecule has 0 radical (unpaired) electrons. The van der Waals surface area contributed by atoms with E-state index < -0.39 is 22.1 Å². The Morgan fingerprint density at radius 2 is 1.80 bits per heavy atom. The van der Waals surface area contributed by atoms with E-state index >= 15 is 0 Å². The molecule has 0 spiro atoms. The zero-order valence-corrected chi connectivity index (χ0v) is 16.5. The van der Waals surface area contributed by atoms with Crippen LogP contribution in [0.1, 0.15) is 5.82 Å². The van der Waals surface area contributed by atoms with Gasteiger partial charge in [0.2, 0.25) is 16.0 Å². The minimum absolute atomic E-state index is 0.0225. The molecule has 10 nitrogen and oxygen atoms in total. The third kappa shape index (κ3) is 5.90. The summed E-state index contributed by atoms with van der Waals surface area (Å²) >= 11 is 0. The zero-order valence-electron chi connectivity index (χ0n) is 15.7. The minimum Gasteiger partial charge on any atom is -0.467 e. The van der Waals surface area contributed by atoms with Crippen LogP contribution in [0.15, 0.2) is 29.2 Å². The van der Waals surface area contributed by atoms with Crippen molar-refractivity contribution in [3.63, 3.8) is 0 Å². The number of halogens is 3. The van der Waals surface area contributed by atoms with E-state index in [2.05, 4.69) is 24.4 Å². The van der Waals surface area contributed by atoms with Gasteiger partial charge in [0.25, 0.3) is 0 Å². The number of hydrogen-bond donors (Lipinski definition) is 1. The molecule has 0 aliphatic carbocycles. The van der Waals surface area contributed by atoms with Crippen molar-refractivity contribution in [1.82, 2.24) is 19.7 Å². The first kappa shape index (κ1) is 22.0. The van der Waals surface area contributed by atoms with Gasteiger partial charge in [-0.15, -0.1) is 13.2 Å². The Bertz CT molecular complexity index is 966. The lowest BCUT2D eigenvalue weighted by atomic mass is 10.3. The number of rotatable bonds is 7. The lowest BCUT2D eigenvalue weighted by Gasteiger charge is -2.26. The highest BCUT2D eigenvalue weighted by atomic mass is 32.2. The van der Waals surface area contributed by atoms with Crippen LogP contribution in [0.4, 0.5) is 19.1 Å². The molecule has 0 amide bonds. The highest BCUT2D eigenvalue weighted by Crippen LogP contribution is 2.24. The predicted molar refractivity (Wildman–Crippen MR) is 96.6 cm³/mol. The van der Waals surface area contributed by atoms with Crippen molar-refractivity contribution < 1.29 is 35.8 Å². The number of nitrogens with one attached hydrogen (secondary N) is 1. The minimum atomic E-state index is -4.87. The highest BCUT2D eigenvalue weighted by molar-refractivity contribution is 7.89. The van der Waals surface area contributed by atoms with Crippen LogP contribution in [-0.4, -0.2) is 63.1 Å². The Hall–Kier alpha value is -2.71. The lowest BCUT2D eigenvalue weighted by molar-refractivity contribution is -0.274. The molecule has 0 atom stereocenters. The molecule has 0 unspecified atom stereocenters. The van der Waals surface area contributed by atoms with Gasteiger partial charge >= 0.3 is 12.4 Å². The van der Waals surface area contributed by atoms with Crippen molar-refractivity contribution in [2.75, 3.05) is 38.3 Å². The molecule has 1 aliphatic rings. The molecule has 1 saturated heterocycles. The number of aromatic nitrogens is 3. The van der Waals surface area contributed by atoms with Gasteiger partial charge in [-0.1, -0.05) is 0 Å². The maximum Gasteiger partial charge on any atom is 0.573 e. The van der Waals surface area contributed by atoms with Gasteiger partial charge in [-0.25, -0.2) is 13.1 Å². The van der Waals surface area contributed by atoms with Gasteiger partial charge in [0.1, 0.15) is 5.75 Å². The summed E-state index contributed by atoms with van der Waals surface area (Å²) in [5.41, 5.74) is 0. The normalized spacial score (nSPS) is 15.1. The van der Waals surface area contributed by atoms with Gasteiger partial charge in [0, 0.05) is 13.1 Å². The summed E-state index contributed by atoms with van der Waals surface area (Å²) in [5.74, 6) is -0.0873. The summed E-state index contributed by atoms with van der Waals surface area (Å²) in [7, 11) is -2.67. The van der Waals surface area contributed by atoms with Gasteiger partial charge in [0.05, 0.1) is 31.8 Å². The topological polar surface area (TPSA) is 116 Å². The van der Waals surface area contributed by atoms with Gasteiger partial charge < -0.3 is 19.1 Å². The summed E-state index contributed by atoms with van der Waals surface area (Å²) in [4.78, 5) is 14.0. The second kappa shape index (κ2) is 8.97. The van der Waals surface area contributed by atoms with Crippen LogP contribution in [-0.2, 0) is 21.3 Å². The summed E-state index contributed by atoms with van der Waals surface area (Å²) in [6.45, 7) is 1.85. The number of benzene rings is 1. The summed E-state index contributed by atoms with van der Waals surface area (Å²) in [5, 5.41) is 0. The van der Waals surface area contributed by atoms with Gasteiger partial charge in [-0.2, -0.15) is 15.0 Å².